The highest BCUT2D eigenvalue weighted by atomic mass is 127. The molecule has 0 aliphatic carbocycles. The Balaban J connectivity index is 2.70. The van der Waals surface area contributed by atoms with Gasteiger partial charge in [0.1, 0.15) is 5.82 Å². The van der Waals surface area contributed by atoms with Gasteiger partial charge in [0.05, 0.1) is 5.56 Å². The third-order valence-electron chi connectivity index (χ3n) is 1.65. The molecule has 0 fully saturated rings. The second-order valence-electron chi connectivity index (χ2n) is 2.36. The van der Waals surface area contributed by atoms with E-state index in [4.69, 9.17) is 0 Å². The summed E-state index contributed by atoms with van der Waals surface area (Å²) in [5.74, 6) is 0.748. The fourth-order valence-corrected chi connectivity index (χ4v) is 1.64. The lowest BCUT2D eigenvalue weighted by molar-refractivity contribution is 1.02. The molecule has 1 aromatic heterocycles. The lowest BCUT2D eigenvalue weighted by Crippen LogP contribution is -2.13. The quantitative estimate of drug-likeness (QED) is 0.524. The summed E-state index contributed by atoms with van der Waals surface area (Å²) in [7, 11) is 0. The molecule has 0 spiro atoms. The molecule has 0 atom stereocenters. The Morgan fingerprint density at radius 2 is 2.36 bits per heavy atom. The van der Waals surface area contributed by atoms with Crippen molar-refractivity contribution in [3.63, 3.8) is 0 Å². The van der Waals surface area contributed by atoms with Gasteiger partial charge in [-0.25, -0.2) is 4.98 Å². The van der Waals surface area contributed by atoms with Crippen LogP contribution in [0.25, 0.3) is 0 Å². The van der Waals surface area contributed by atoms with Crippen LogP contribution >= 0.6 is 22.6 Å². The third kappa shape index (κ3) is 1.13. The maximum absolute atomic E-state index is 11.2. The molecule has 0 saturated heterocycles. The Bertz CT molecular complexity index is 346. The highest BCUT2D eigenvalue weighted by molar-refractivity contribution is 14.1. The molecule has 1 aliphatic heterocycles. The van der Waals surface area contributed by atoms with Crippen LogP contribution in [0.3, 0.4) is 0 Å². The summed E-state index contributed by atoms with van der Waals surface area (Å²) >= 11 is 1.99. The predicted octanol–water partition coefficient (Wildman–Crippen LogP) is 0.342. The number of aromatic amines is 1. The normalized spacial score (nSPS) is 14.3. The van der Waals surface area contributed by atoms with Crippen LogP contribution in [0, 0.1) is 3.83 Å². The standard InChI is InChI=1S/C6H6IN3O/c7-6-9-4-3(1-2-8-4)5(11)10-6/h1-2H2,(H2,8,9,10,11). The number of aromatic nitrogens is 2. The van der Waals surface area contributed by atoms with Gasteiger partial charge in [0, 0.05) is 6.54 Å². The van der Waals surface area contributed by atoms with Crippen LogP contribution in [0.5, 0.6) is 0 Å². The van der Waals surface area contributed by atoms with Crippen molar-refractivity contribution in [2.75, 3.05) is 11.9 Å². The van der Waals surface area contributed by atoms with Gasteiger partial charge in [0.2, 0.25) is 0 Å². The van der Waals surface area contributed by atoms with E-state index < -0.39 is 0 Å². The Morgan fingerprint density at radius 1 is 1.55 bits per heavy atom. The number of hydrogen-bond acceptors (Lipinski definition) is 3. The van der Waals surface area contributed by atoms with E-state index >= 15 is 0 Å². The number of hydrogen-bond donors (Lipinski definition) is 2. The van der Waals surface area contributed by atoms with E-state index in [1.54, 1.807) is 0 Å². The van der Waals surface area contributed by atoms with Crippen LogP contribution < -0.4 is 10.9 Å². The van der Waals surface area contributed by atoms with Gasteiger partial charge in [0.25, 0.3) is 5.56 Å². The molecule has 2 N–H and O–H groups in total. The lowest BCUT2D eigenvalue weighted by atomic mass is 10.3. The molecule has 58 valence electrons. The van der Waals surface area contributed by atoms with Crippen molar-refractivity contribution in [1.29, 1.82) is 0 Å². The van der Waals surface area contributed by atoms with E-state index in [0.717, 1.165) is 24.3 Å². The molecule has 0 amide bonds. The van der Waals surface area contributed by atoms with Gasteiger partial charge in [-0.05, 0) is 29.0 Å². The van der Waals surface area contributed by atoms with Crippen molar-refractivity contribution in [3.05, 3.63) is 19.7 Å². The number of halogens is 1. The Hall–Kier alpha value is -0.590. The Labute approximate surface area is 76.6 Å². The first-order valence-corrected chi connectivity index (χ1v) is 4.38. The summed E-state index contributed by atoms with van der Waals surface area (Å²) in [5.41, 5.74) is 0.773. The van der Waals surface area contributed by atoms with Gasteiger partial charge >= 0.3 is 0 Å². The van der Waals surface area contributed by atoms with Crippen molar-refractivity contribution in [1.82, 2.24) is 9.97 Å². The summed E-state index contributed by atoms with van der Waals surface area (Å²) < 4.78 is 0.640. The minimum absolute atomic E-state index is 0.00981. The van der Waals surface area contributed by atoms with Crippen molar-refractivity contribution >= 4 is 28.4 Å². The largest absolute Gasteiger partial charge is 0.369 e. The second-order valence-corrected chi connectivity index (χ2v) is 3.38. The molecule has 11 heavy (non-hydrogen) atoms. The van der Waals surface area contributed by atoms with E-state index in [0.29, 0.717) is 3.83 Å². The summed E-state index contributed by atoms with van der Waals surface area (Å²) in [4.78, 5) is 18.0. The summed E-state index contributed by atoms with van der Waals surface area (Å²) in [5, 5.41) is 3.05. The molecule has 1 aromatic rings. The van der Waals surface area contributed by atoms with Gasteiger partial charge in [-0.15, -0.1) is 0 Å². The average Bonchev–Trinajstić information content (AvgIpc) is 2.34. The number of anilines is 1. The van der Waals surface area contributed by atoms with Gasteiger partial charge in [0.15, 0.2) is 3.83 Å². The fourth-order valence-electron chi connectivity index (χ4n) is 1.15. The zero-order valence-corrected chi connectivity index (χ0v) is 7.81. The van der Waals surface area contributed by atoms with Crippen LogP contribution in [0.1, 0.15) is 5.56 Å². The Kier molecular flexibility index (Phi) is 1.59. The van der Waals surface area contributed by atoms with Gasteiger partial charge in [-0.2, -0.15) is 0 Å². The first-order valence-electron chi connectivity index (χ1n) is 3.30. The van der Waals surface area contributed by atoms with Crippen LogP contribution in [-0.2, 0) is 6.42 Å². The predicted molar refractivity (Wildman–Crippen MR) is 49.8 cm³/mol. The fraction of sp³-hybridized carbons (Fsp3) is 0.333. The maximum Gasteiger partial charge on any atom is 0.256 e. The number of nitrogens with one attached hydrogen (secondary N) is 2. The monoisotopic (exact) mass is 263 g/mol. The lowest BCUT2D eigenvalue weighted by Gasteiger charge is -1.96. The highest BCUT2D eigenvalue weighted by Gasteiger charge is 2.15. The molecular formula is C6H6IN3O. The molecule has 4 nitrogen and oxygen atoms in total. The maximum atomic E-state index is 11.2. The van der Waals surface area contributed by atoms with Gasteiger partial charge < -0.3 is 10.3 Å². The van der Waals surface area contributed by atoms with Crippen LogP contribution in [0.15, 0.2) is 4.79 Å². The first-order chi connectivity index (χ1) is 5.27. The zero-order chi connectivity index (χ0) is 7.84. The molecule has 0 unspecified atom stereocenters. The first kappa shape index (κ1) is 7.08. The van der Waals surface area contributed by atoms with E-state index in [1.807, 2.05) is 22.6 Å². The topological polar surface area (TPSA) is 57.8 Å². The zero-order valence-electron chi connectivity index (χ0n) is 5.65. The average molecular weight is 263 g/mol. The van der Waals surface area contributed by atoms with E-state index in [2.05, 4.69) is 15.3 Å². The second kappa shape index (κ2) is 2.47. The highest BCUT2D eigenvalue weighted by Crippen LogP contribution is 2.14. The summed E-state index contributed by atoms with van der Waals surface area (Å²) in [6, 6.07) is 0. The van der Waals surface area contributed by atoms with Crippen LogP contribution in [-0.4, -0.2) is 16.5 Å². The molecule has 0 bridgehead atoms. The summed E-state index contributed by atoms with van der Waals surface area (Å²) in [6.45, 7) is 0.825. The number of fused-ring (bicyclic) bond motifs is 1. The molecule has 0 saturated carbocycles. The molecule has 0 aromatic carbocycles. The molecule has 5 heteroatoms. The van der Waals surface area contributed by atoms with Gasteiger partial charge in [-0.1, -0.05) is 0 Å². The van der Waals surface area contributed by atoms with Crippen molar-refractivity contribution < 1.29 is 0 Å². The van der Waals surface area contributed by atoms with Crippen molar-refractivity contribution in [2.45, 2.75) is 6.42 Å². The van der Waals surface area contributed by atoms with Crippen LogP contribution in [0.4, 0.5) is 5.82 Å². The van der Waals surface area contributed by atoms with E-state index in [-0.39, 0.29) is 5.56 Å². The van der Waals surface area contributed by atoms with Crippen LogP contribution in [0.2, 0.25) is 0 Å². The minimum atomic E-state index is -0.00981. The molecule has 2 heterocycles. The molecule has 2 rings (SSSR count). The molecule has 0 radical (unpaired) electrons. The smallest absolute Gasteiger partial charge is 0.256 e. The third-order valence-corrected chi connectivity index (χ3v) is 2.16. The molecule has 1 aliphatic rings. The van der Waals surface area contributed by atoms with Crippen molar-refractivity contribution in [2.24, 2.45) is 0 Å². The number of H-pyrrole nitrogens is 1. The SMILES string of the molecule is O=c1[nH]c(I)nc2c1CCN2. The summed E-state index contributed by atoms with van der Waals surface area (Å²) in [6.07, 6.45) is 0.786. The van der Waals surface area contributed by atoms with Crippen molar-refractivity contribution in [3.8, 4) is 0 Å². The Morgan fingerprint density at radius 3 is 3.18 bits per heavy atom. The molecular weight excluding hydrogens is 257 g/mol. The van der Waals surface area contributed by atoms with Gasteiger partial charge in [-0.3, -0.25) is 4.79 Å². The van der Waals surface area contributed by atoms with E-state index in [1.165, 1.54) is 0 Å². The number of rotatable bonds is 0. The minimum Gasteiger partial charge on any atom is -0.369 e. The number of nitrogens with zero attached hydrogens (tertiary/aromatic N) is 1. The van der Waals surface area contributed by atoms with E-state index in [9.17, 15) is 4.79 Å².